The number of hydrogen-bond donors (Lipinski definition) is 1. The molecule has 0 aliphatic heterocycles. The first kappa shape index (κ1) is 10.1. The minimum absolute atomic E-state index is 0.391. The summed E-state index contributed by atoms with van der Waals surface area (Å²) in [6.07, 6.45) is 2.41. The molecular formula is C10H10ClN3O. The summed E-state index contributed by atoms with van der Waals surface area (Å²) in [4.78, 5) is 3.80. The maximum absolute atomic E-state index is 9.85. The minimum Gasteiger partial charge on any atom is -0.386 e. The second kappa shape index (κ2) is 4.42. The van der Waals surface area contributed by atoms with Crippen LogP contribution in [0.3, 0.4) is 0 Å². The van der Waals surface area contributed by atoms with Crippen LogP contribution in [0.25, 0.3) is 0 Å². The Bertz CT molecular complexity index is 413. The van der Waals surface area contributed by atoms with Gasteiger partial charge in [-0.2, -0.15) is 5.10 Å². The van der Waals surface area contributed by atoms with Crippen molar-refractivity contribution in [3.05, 3.63) is 47.5 Å². The molecule has 0 radical (unpaired) electrons. The highest BCUT2D eigenvalue weighted by atomic mass is 35.5. The van der Waals surface area contributed by atoms with Crippen LogP contribution in [-0.4, -0.2) is 19.9 Å². The number of rotatable bonds is 3. The van der Waals surface area contributed by atoms with Gasteiger partial charge >= 0.3 is 0 Å². The molecule has 0 bridgehead atoms. The SMILES string of the molecule is O[C@@H](Cn1cncn1)c1ccc(Cl)cc1. The fourth-order valence-corrected chi connectivity index (χ4v) is 1.42. The maximum Gasteiger partial charge on any atom is 0.137 e. The lowest BCUT2D eigenvalue weighted by atomic mass is 10.1. The predicted octanol–water partition coefficient (Wildman–Crippen LogP) is 1.67. The first-order valence-corrected chi connectivity index (χ1v) is 4.89. The second-order valence-electron chi connectivity index (χ2n) is 3.18. The molecule has 0 aliphatic carbocycles. The van der Waals surface area contributed by atoms with Gasteiger partial charge in [0.05, 0.1) is 12.6 Å². The largest absolute Gasteiger partial charge is 0.386 e. The van der Waals surface area contributed by atoms with Crippen molar-refractivity contribution in [3.63, 3.8) is 0 Å². The van der Waals surface area contributed by atoms with E-state index in [1.54, 1.807) is 35.3 Å². The number of aliphatic hydroxyl groups is 1. The van der Waals surface area contributed by atoms with E-state index in [1.807, 2.05) is 0 Å². The Balaban J connectivity index is 2.08. The molecule has 0 fully saturated rings. The highest BCUT2D eigenvalue weighted by molar-refractivity contribution is 6.30. The van der Waals surface area contributed by atoms with Gasteiger partial charge in [0.2, 0.25) is 0 Å². The third-order valence-electron chi connectivity index (χ3n) is 2.08. The van der Waals surface area contributed by atoms with Gasteiger partial charge in [-0.25, -0.2) is 4.98 Å². The lowest BCUT2D eigenvalue weighted by Gasteiger charge is -2.10. The molecule has 0 amide bonds. The van der Waals surface area contributed by atoms with E-state index in [4.69, 9.17) is 11.6 Å². The van der Waals surface area contributed by atoms with E-state index < -0.39 is 6.10 Å². The lowest BCUT2D eigenvalue weighted by molar-refractivity contribution is 0.151. The topological polar surface area (TPSA) is 50.9 Å². The first-order valence-electron chi connectivity index (χ1n) is 4.51. The fourth-order valence-electron chi connectivity index (χ4n) is 1.29. The number of hydrogen-bond acceptors (Lipinski definition) is 3. The zero-order chi connectivity index (χ0) is 10.7. The van der Waals surface area contributed by atoms with Gasteiger partial charge in [0, 0.05) is 5.02 Å². The van der Waals surface area contributed by atoms with Gasteiger partial charge in [-0.1, -0.05) is 23.7 Å². The second-order valence-corrected chi connectivity index (χ2v) is 3.62. The Morgan fingerprint density at radius 2 is 2.07 bits per heavy atom. The van der Waals surface area contributed by atoms with E-state index in [1.165, 1.54) is 6.33 Å². The summed E-state index contributed by atoms with van der Waals surface area (Å²) in [5.74, 6) is 0. The molecule has 78 valence electrons. The van der Waals surface area contributed by atoms with Crippen LogP contribution in [0.4, 0.5) is 0 Å². The minimum atomic E-state index is -0.594. The monoisotopic (exact) mass is 223 g/mol. The molecule has 15 heavy (non-hydrogen) atoms. The molecular weight excluding hydrogens is 214 g/mol. The van der Waals surface area contributed by atoms with Crippen molar-refractivity contribution in [2.45, 2.75) is 12.6 Å². The van der Waals surface area contributed by atoms with Crippen molar-refractivity contribution in [1.29, 1.82) is 0 Å². The molecule has 1 heterocycles. The van der Waals surface area contributed by atoms with Crippen molar-refractivity contribution >= 4 is 11.6 Å². The van der Waals surface area contributed by atoms with E-state index in [0.29, 0.717) is 11.6 Å². The third-order valence-corrected chi connectivity index (χ3v) is 2.33. The Morgan fingerprint density at radius 1 is 1.33 bits per heavy atom. The number of aliphatic hydroxyl groups excluding tert-OH is 1. The molecule has 0 unspecified atom stereocenters. The quantitative estimate of drug-likeness (QED) is 0.861. The van der Waals surface area contributed by atoms with Gasteiger partial charge in [-0.05, 0) is 17.7 Å². The number of halogens is 1. The Morgan fingerprint density at radius 3 is 2.67 bits per heavy atom. The highest BCUT2D eigenvalue weighted by Gasteiger charge is 2.08. The normalized spacial score (nSPS) is 12.7. The average Bonchev–Trinajstić information content (AvgIpc) is 2.71. The van der Waals surface area contributed by atoms with Crippen LogP contribution in [-0.2, 0) is 6.54 Å². The van der Waals surface area contributed by atoms with E-state index in [9.17, 15) is 5.11 Å². The van der Waals surface area contributed by atoms with Crippen molar-refractivity contribution < 1.29 is 5.11 Å². The van der Waals surface area contributed by atoms with Crippen molar-refractivity contribution in [1.82, 2.24) is 14.8 Å². The maximum atomic E-state index is 9.85. The number of nitrogens with zero attached hydrogens (tertiary/aromatic N) is 3. The van der Waals surface area contributed by atoms with E-state index in [-0.39, 0.29) is 0 Å². The van der Waals surface area contributed by atoms with Crippen molar-refractivity contribution in [2.75, 3.05) is 0 Å². The summed E-state index contributed by atoms with van der Waals surface area (Å²) in [5.41, 5.74) is 0.815. The van der Waals surface area contributed by atoms with Gasteiger partial charge in [-0.15, -0.1) is 0 Å². The van der Waals surface area contributed by atoms with Crippen LogP contribution >= 0.6 is 11.6 Å². The molecule has 0 aliphatic rings. The van der Waals surface area contributed by atoms with Gasteiger partial charge < -0.3 is 5.11 Å². The highest BCUT2D eigenvalue weighted by Crippen LogP contribution is 2.17. The van der Waals surface area contributed by atoms with Gasteiger partial charge in [-0.3, -0.25) is 4.68 Å². The first-order chi connectivity index (χ1) is 7.25. The van der Waals surface area contributed by atoms with Crippen LogP contribution < -0.4 is 0 Å². The molecule has 1 atom stereocenters. The molecule has 2 aromatic rings. The summed E-state index contributed by atoms with van der Waals surface area (Å²) in [6, 6.07) is 7.09. The Hall–Kier alpha value is -1.39. The molecule has 1 aromatic carbocycles. The van der Waals surface area contributed by atoms with Crippen LogP contribution in [0, 0.1) is 0 Å². The van der Waals surface area contributed by atoms with Gasteiger partial charge in [0.1, 0.15) is 12.7 Å². The standard InChI is InChI=1S/C10H10ClN3O/c11-9-3-1-8(2-4-9)10(15)5-14-7-12-6-13-14/h1-4,6-7,10,15H,5H2/t10-/m0/s1. The van der Waals surface area contributed by atoms with Gasteiger partial charge in [0.15, 0.2) is 0 Å². The van der Waals surface area contributed by atoms with Crippen LogP contribution in [0.2, 0.25) is 5.02 Å². The summed E-state index contributed by atoms with van der Waals surface area (Å²) in [5, 5.41) is 14.4. The number of aromatic nitrogens is 3. The zero-order valence-corrected chi connectivity index (χ0v) is 8.67. The van der Waals surface area contributed by atoms with E-state index in [2.05, 4.69) is 10.1 Å². The number of benzene rings is 1. The molecule has 2 rings (SSSR count). The summed E-state index contributed by atoms with van der Waals surface area (Å²) in [6.45, 7) is 0.391. The predicted molar refractivity (Wildman–Crippen MR) is 56.4 cm³/mol. The molecule has 0 spiro atoms. The van der Waals surface area contributed by atoms with Gasteiger partial charge in [0.25, 0.3) is 0 Å². The third kappa shape index (κ3) is 2.55. The molecule has 0 saturated heterocycles. The molecule has 1 N–H and O–H groups in total. The Labute approximate surface area is 92.1 Å². The molecule has 4 nitrogen and oxygen atoms in total. The van der Waals surface area contributed by atoms with E-state index in [0.717, 1.165) is 5.56 Å². The molecule has 0 saturated carbocycles. The summed E-state index contributed by atoms with van der Waals surface area (Å²) < 4.78 is 1.58. The fraction of sp³-hybridized carbons (Fsp3) is 0.200. The molecule has 1 aromatic heterocycles. The summed E-state index contributed by atoms with van der Waals surface area (Å²) in [7, 11) is 0. The lowest BCUT2D eigenvalue weighted by Crippen LogP contribution is -2.08. The average molecular weight is 224 g/mol. The van der Waals surface area contributed by atoms with Crippen molar-refractivity contribution in [2.24, 2.45) is 0 Å². The van der Waals surface area contributed by atoms with Crippen LogP contribution in [0.15, 0.2) is 36.9 Å². The van der Waals surface area contributed by atoms with Crippen molar-refractivity contribution in [3.8, 4) is 0 Å². The zero-order valence-electron chi connectivity index (χ0n) is 7.92. The van der Waals surface area contributed by atoms with Crippen LogP contribution in [0.5, 0.6) is 0 Å². The Kier molecular flexibility index (Phi) is 2.99. The van der Waals surface area contributed by atoms with E-state index >= 15 is 0 Å². The molecule has 5 heteroatoms. The smallest absolute Gasteiger partial charge is 0.137 e. The van der Waals surface area contributed by atoms with Crippen LogP contribution in [0.1, 0.15) is 11.7 Å². The summed E-state index contributed by atoms with van der Waals surface area (Å²) >= 11 is 5.75.